The first-order valence-corrected chi connectivity index (χ1v) is 7.93. The summed E-state index contributed by atoms with van der Waals surface area (Å²) in [4.78, 5) is 12.5. The minimum absolute atomic E-state index is 0.0138. The average Bonchev–Trinajstić information content (AvgIpc) is 2.42. The first-order chi connectivity index (χ1) is 9.01. The van der Waals surface area contributed by atoms with Crippen LogP contribution in [0.25, 0.3) is 0 Å². The maximum Gasteiger partial charge on any atom is 0.312 e. The number of ether oxygens (including phenoxy) is 1. The molecule has 1 saturated heterocycles. The van der Waals surface area contributed by atoms with Crippen LogP contribution in [0.5, 0.6) is 0 Å². The first-order valence-electron chi connectivity index (χ1n) is 7.93. The average molecular weight is 267 g/mol. The van der Waals surface area contributed by atoms with E-state index in [1.54, 1.807) is 0 Å². The van der Waals surface area contributed by atoms with Crippen LogP contribution in [0.15, 0.2) is 0 Å². The van der Waals surface area contributed by atoms with Crippen LogP contribution < -0.4 is 5.32 Å². The van der Waals surface area contributed by atoms with Gasteiger partial charge in [-0.1, -0.05) is 13.3 Å². The largest absolute Gasteiger partial charge is 0.462 e. The van der Waals surface area contributed by atoms with E-state index >= 15 is 0 Å². The summed E-state index contributed by atoms with van der Waals surface area (Å²) in [5, 5.41) is 3.40. The Morgan fingerprint density at radius 2 is 1.89 bits per heavy atom. The maximum atomic E-state index is 12.5. The highest BCUT2D eigenvalue weighted by molar-refractivity contribution is 5.76. The van der Waals surface area contributed by atoms with Gasteiger partial charge in [0.1, 0.15) is 6.10 Å². The molecule has 19 heavy (non-hydrogen) atoms. The van der Waals surface area contributed by atoms with E-state index in [1.807, 2.05) is 0 Å². The zero-order chi connectivity index (χ0) is 13.9. The number of carbonyl (C=O) groups is 1. The van der Waals surface area contributed by atoms with Crippen LogP contribution in [-0.2, 0) is 9.53 Å². The predicted octanol–water partition coefficient (Wildman–Crippen LogP) is 3.13. The van der Waals surface area contributed by atoms with E-state index < -0.39 is 0 Å². The summed E-state index contributed by atoms with van der Waals surface area (Å²) in [5.74, 6) is 0.950. The van der Waals surface area contributed by atoms with Gasteiger partial charge in [-0.15, -0.1) is 0 Å². The molecule has 1 aliphatic heterocycles. The number of esters is 1. The number of rotatable bonds is 3. The number of hydrogen-bond donors (Lipinski definition) is 1. The second-order valence-corrected chi connectivity index (χ2v) is 6.97. The van der Waals surface area contributed by atoms with E-state index in [1.165, 1.54) is 25.7 Å². The molecule has 2 aliphatic rings. The second kappa shape index (κ2) is 6.25. The molecule has 1 N–H and O–H groups in total. The molecule has 110 valence electrons. The third-order valence-electron chi connectivity index (χ3n) is 5.13. The summed E-state index contributed by atoms with van der Waals surface area (Å²) < 4.78 is 5.85. The normalized spacial score (nSPS) is 32.9. The van der Waals surface area contributed by atoms with E-state index in [0.717, 1.165) is 25.9 Å². The Bertz CT molecular complexity index is 308. The van der Waals surface area contributed by atoms with Crippen molar-refractivity contribution in [3.05, 3.63) is 0 Å². The number of piperidine rings is 1. The van der Waals surface area contributed by atoms with Gasteiger partial charge in [0.15, 0.2) is 0 Å². The number of hydrogen-bond acceptors (Lipinski definition) is 3. The molecule has 0 aromatic carbocycles. The Morgan fingerprint density at radius 1 is 1.16 bits per heavy atom. The van der Waals surface area contributed by atoms with Gasteiger partial charge in [0.05, 0.1) is 5.41 Å². The topological polar surface area (TPSA) is 38.3 Å². The van der Waals surface area contributed by atoms with Crippen molar-refractivity contribution in [2.24, 2.45) is 17.3 Å². The van der Waals surface area contributed by atoms with Gasteiger partial charge in [-0.25, -0.2) is 0 Å². The zero-order valence-electron chi connectivity index (χ0n) is 12.7. The van der Waals surface area contributed by atoms with E-state index in [9.17, 15) is 4.79 Å². The van der Waals surface area contributed by atoms with E-state index in [-0.39, 0.29) is 17.5 Å². The van der Waals surface area contributed by atoms with E-state index in [4.69, 9.17) is 4.74 Å². The molecular weight excluding hydrogens is 238 g/mol. The summed E-state index contributed by atoms with van der Waals surface area (Å²) in [6.45, 7) is 8.36. The first kappa shape index (κ1) is 14.8. The molecule has 2 fully saturated rings. The lowest BCUT2D eigenvalue weighted by Crippen LogP contribution is -2.45. The number of carbonyl (C=O) groups excluding carboxylic acids is 1. The molecule has 0 amide bonds. The third-order valence-corrected chi connectivity index (χ3v) is 5.13. The van der Waals surface area contributed by atoms with Crippen molar-refractivity contribution in [1.82, 2.24) is 5.32 Å². The Hall–Kier alpha value is -0.570. The highest BCUT2D eigenvalue weighted by Crippen LogP contribution is 2.35. The highest BCUT2D eigenvalue weighted by Gasteiger charge is 2.40. The molecule has 3 heteroatoms. The van der Waals surface area contributed by atoms with Gasteiger partial charge in [0, 0.05) is 0 Å². The molecule has 1 aliphatic carbocycles. The minimum Gasteiger partial charge on any atom is -0.462 e. The molecule has 3 atom stereocenters. The summed E-state index contributed by atoms with van der Waals surface area (Å²) in [6, 6.07) is 0. The van der Waals surface area contributed by atoms with Crippen LogP contribution >= 0.6 is 0 Å². The lowest BCUT2D eigenvalue weighted by Gasteiger charge is -2.37. The standard InChI is InChI=1S/C16H29NO2/c1-12-7-4-5-9-14(12)19-15(18)16(2,3)13-8-6-10-17-11-13/h12-14,17H,4-11H2,1-3H3. The van der Waals surface area contributed by atoms with Gasteiger partial charge in [-0.3, -0.25) is 4.79 Å². The zero-order valence-corrected chi connectivity index (χ0v) is 12.7. The van der Waals surface area contributed by atoms with E-state index in [0.29, 0.717) is 11.8 Å². The van der Waals surface area contributed by atoms with Gasteiger partial charge in [0.2, 0.25) is 0 Å². The summed E-state index contributed by atoms with van der Waals surface area (Å²) in [6.07, 6.45) is 7.18. The summed E-state index contributed by atoms with van der Waals surface area (Å²) >= 11 is 0. The number of nitrogens with one attached hydrogen (secondary N) is 1. The van der Waals surface area contributed by atoms with Gasteiger partial charge in [-0.05, 0) is 70.9 Å². The molecule has 0 aromatic rings. The maximum absolute atomic E-state index is 12.5. The van der Waals surface area contributed by atoms with Crippen LogP contribution in [0.1, 0.15) is 59.3 Å². The Labute approximate surface area is 117 Å². The van der Waals surface area contributed by atoms with Crippen molar-refractivity contribution in [3.8, 4) is 0 Å². The summed E-state index contributed by atoms with van der Waals surface area (Å²) in [7, 11) is 0. The molecule has 1 heterocycles. The summed E-state index contributed by atoms with van der Waals surface area (Å²) in [5.41, 5.74) is -0.357. The molecule has 3 unspecified atom stereocenters. The monoisotopic (exact) mass is 267 g/mol. The molecule has 2 rings (SSSR count). The van der Waals surface area contributed by atoms with Gasteiger partial charge >= 0.3 is 5.97 Å². The van der Waals surface area contributed by atoms with Crippen LogP contribution in [-0.4, -0.2) is 25.2 Å². The van der Waals surface area contributed by atoms with Crippen molar-refractivity contribution >= 4 is 5.97 Å². The molecule has 0 aromatic heterocycles. The minimum atomic E-state index is -0.357. The van der Waals surface area contributed by atoms with Gasteiger partial charge < -0.3 is 10.1 Å². The quantitative estimate of drug-likeness (QED) is 0.798. The van der Waals surface area contributed by atoms with Crippen LogP contribution in [0.4, 0.5) is 0 Å². The van der Waals surface area contributed by atoms with Crippen LogP contribution in [0, 0.1) is 17.3 Å². The third kappa shape index (κ3) is 3.50. The van der Waals surface area contributed by atoms with Gasteiger partial charge in [0.25, 0.3) is 0 Å². The fourth-order valence-electron chi connectivity index (χ4n) is 3.38. The highest BCUT2D eigenvalue weighted by atomic mass is 16.5. The van der Waals surface area contributed by atoms with Crippen molar-refractivity contribution < 1.29 is 9.53 Å². The van der Waals surface area contributed by atoms with Crippen molar-refractivity contribution in [2.45, 2.75) is 65.4 Å². The second-order valence-electron chi connectivity index (χ2n) is 6.97. The fourth-order valence-corrected chi connectivity index (χ4v) is 3.38. The Balaban J connectivity index is 1.93. The predicted molar refractivity (Wildman–Crippen MR) is 76.9 cm³/mol. The Morgan fingerprint density at radius 3 is 2.53 bits per heavy atom. The van der Waals surface area contributed by atoms with Crippen molar-refractivity contribution in [2.75, 3.05) is 13.1 Å². The van der Waals surface area contributed by atoms with Crippen molar-refractivity contribution in [3.63, 3.8) is 0 Å². The van der Waals surface area contributed by atoms with Gasteiger partial charge in [-0.2, -0.15) is 0 Å². The fraction of sp³-hybridized carbons (Fsp3) is 0.938. The molecule has 0 spiro atoms. The molecule has 3 nitrogen and oxygen atoms in total. The smallest absolute Gasteiger partial charge is 0.312 e. The molecular formula is C16H29NO2. The van der Waals surface area contributed by atoms with Crippen molar-refractivity contribution in [1.29, 1.82) is 0 Å². The van der Waals surface area contributed by atoms with Crippen LogP contribution in [0.2, 0.25) is 0 Å². The Kier molecular flexibility index (Phi) is 4.88. The molecule has 0 bridgehead atoms. The SMILES string of the molecule is CC1CCCCC1OC(=O)C(C)(C)C1CCCNC1. The lowest BCUT2D eigenvalue weighted by atomic mass is 9.75. The lowest BCUT2D eigenvalue weighted by molar-refractivity contribution is -0.167. The molecule has 0 radical (unpaired) electrons. The van der Waals surface area contributed by atoms with E-state index in [2.05, 4.69) is 26.1 Å². The van der Waals surface area contributed by atoms with Crippen LogP contribution in [0.3, 0.4) is 0 Å². The molecule has 1 saturated carbocycles.